The van der Waals surface area contributed by atoms with Crippen molar-refractivity contribution in [3.8, 4) is 0 Å². The number of H-pyrrole nitrogens is 1. The van der Waals surface area contributed by atoms with Gasteiger partial charge in [-0.15, -0.1) is 0 Å². The number of likely N-dealkylation sites (N-methyl/N-ethyl adjacent to an activating group) is 1. The topological polar surface area (TPSA) is 65.2 Å². The molecule has 0 aliphatic carbocycles. The van der Waals surface area contributed by atoms with E-state index in [1.165, 1.54) is 0 Å². The number of aromatic nitrogens is 1. The maximum Gasteiger partial charge on any atom is 0.262 e. The van der Waals surface area contributed by atoms with Gasteiger partial charge in [-0.05, 0) is 49.7 Å². The van der Waals surface area contributed by atoms with Crippen molar-refractivity contribution in [1.29, 1.82) is 0 Å². The predicted octanol–water partition coefficient (Wildman–Crippen LogP) is 4.23. The SMILES string of the molecule is CN(C)CCc1c[nH]c2cccc(NS(=O)(=O)c3cccc4ccccc34)c12. The van der Waals surface area contributed by atoms with E-state index in [0.29, 0.717) is 11.1 Å². The van der Waals surface area contributed by atoms with E-state index in [-0.39, 0.29) is 4.90 Å². The van der Waals surface area contributed by atoms with Crippen LogP contribution < -0.4 is 4.72 Å². The molecule has 0 saturated carbocycles. The van der Waals surface area contributed by atoms with Crippen LogP contribution in [0.3, 0.4) is 0 Å². The molecule has 0 spiro atoms. The molecule has 144 valence electrons. The van der Waals surface area contributed by atoms with Crippen LogP contribution in [0.15, 0.2) is 71.8 Å². The van der Waals surface area contributed by atoms with Gasteiger partial charge in [-0.1, -0.05) is 42.5 Å². The summed E-state index contributed by atoms with van der Waals surface area (Å²) in [4.78, 5) is 5.65. The normalized spacial score (nSPS) is 12.1. The number of hydrogen-bond donors (Lipinski definition) is 2. The lowest BCUT2D eigenvalue weighted by Crippen LogP contribution is -2.16. The van der Waals surface area contributed by atoms with E-state index < -0.39 is 10.0 Å². The minimum atomic E-state index is -3.73. The van der Waals surface area contributed by atoms with E-state index >= 15 is 0 Å². The van der Waals surface area contributed by atoms with Gasteiger partial charge >= 0.3 is 0 Å². The van der Waals surface area contributed by atoms with E-state index in [1.54, 1.807) is 12.1 Å². The predicted molar refractivity (Wildman–Crippen MR) is 115 cm³/mol. The highest BCUT2D eigenvalue weighted by Gasteiger charge is 2.19. The van der Waals surface area contributed by atoms with Gasteiger partial charge in [-0.3, -0.25) is 4.72 Å². The molecule has 4 aromatic rings. The standard InChI is InChI=1S/C22H23N3O2S/c1-25(2)14-13-17-15-23-19-10-6-11-20(22(17)19)24-28(26,27)21-12-5-8-16-7-3-4-9-18(16)21/h3-12,15,23-24H,13-14H2,1-2H3. The molecule has 3 aromatic carbocycles. The highest BCUT2D eigenvalue weighted by atomic mass is 32.2. The largest absolute Gasteiger partial charge is 0.361 e. The molecular weight excluding hydrogens is 370 g/mol. The number of fused-ring (bicyclic) bond motifs is 2. The second-order valence-corrected chi connectivity index (χ2v) is 8.83. The Labute approximate surface area is 165 Å². The number of sulfonamides is 1. The molecule has 0 atom stereocenters. The van der Waals surface area contributed by atoms with E-state index in [1.807, 2.05) is 68.8 Å². The molecule has 0 bridgehead atoms. The smallest absolute Gasteiger partial charge is 0.262 e. The van der Waals surface area contributed by atoms with E-state index in [0.717, 1.165) is 34.8 Å². The van der Waals surface area contributed by atoms with Gasteiger partial charge in [0, 0.05) is 29.0 Å². The molecule has 4 rings (SSSR count). The average Bonchev–Trinajstić information content (AvgIpc) is 3.10. The molecule has 0 amide bonds. The summed E-state index contributed by atoms with van der Waals surface area (Å²) in [6, 6.07) is 18.5. The number of rotatable bonds is 6. The van der Waals surface area contributed by atoms with E-state index in [4.69, 9.17) is 0 Å². The van der Waals surface area contributed by atoms with Crippen molar-refractivity contribution >= 4 is 37.4 Å². The molecule has 2 N–H and O–H groups in total. The van der Waals surface area contributed by atoms with Gasteiger partial charge < -0.3 is 9.88 Å². The van der Waals surface area contributed by atoms with Gasteiger partial charge in [-0.25, -0.2) is 8.42 Å². The Morgan fingerprint density at radius 2 is 1.71 bits per heavy atom. The van der Waals surface area contributed by atoms with Crippen LogP contribution in [0.25, 0.3) is 21.7 Å². The minimum absolute atomic E-state index is 0.285. The Morgan fingerprint density at radius 1 is 0.964 bits per heavy atom. The fourth-order valence-electron chi connectivity index (χ4n) is 3.51. The Kier molecular flexibility index (Phi) is 4.83. The highest BCUT2D eigenvalue weighted by Crippen LogP contribution is 2.31. The van der Waals surface area contributed by atoms with Crippen LogP contribution in [0.5, 0.6) is 0 Å². The molecule has 28 heavy (non-hydrogen) atoms. The molecule has 0 aliphatic heterocycles. The zero-order valence-corrected chi connectivity index (χ0v) is 16.8. The summed E-state index contributed by atoms with van der Waals surface area (Å²) < 4.78 is 29.3. The Bertz CT molecular complexity index is 1240. The lowest BCUT2D eigenvalue weighted by atomic mass is 10.1. The summed E-state index contributed by atoms with van der Waals surface area (Å²) in [5.74, 6) is 0. The van der Waals surface area contributed by atoms with Crippen molar-refractivity contribution in [2.45, 2.75) is 11.3 Å². The molecule has 0 saturated heterocycles. The van der Waals surface area contributed by atoms with Crippen LogP contribution in [0.2, 0.25) is 0 Å². The zero-order chi connectivity index (χ0) is 19.7. The van der Waals surface area contributed by atoms with Crippen LogP contribution in [-0.4, -0.2) is 38.9 Å². The van der Waals surface area contributed by atoms with Crippen molar-refractivity contribution in [3.63, 3.8) is 0 Å². The molecule has 0 radical (unpaired) electrons. The molecule has 5 nitrogen and oxygen atoms in total. The summed E-state index contributed by atoms with van der Waals surface area (Å²) in [5.41, 5.74) is 2.62. The molecule has 1 aromatic heterocycles. The van der Waals surface area contributed by atoms with Crippen molar-refractivity contribution in [3.05, 3.63) is 72.4 Å². The van der Waals surface area contributed by atoms with Crippen LogP contribution in [0, 0.1) is 0 Å². The van der Waals surface area contributed by atoms with Crippen LogP contribution in [-0.2, 0) is 16.4 Å². The Morgan fingerprint density at radius 3 is 2.54 bits per heavy atom. The summed E-state index contributed by atoms with van der Waals surface area (Å²) >= 11 is 0. The highest BCUT2D eigenvalue weighted by molar-refractivity contribution is 7.93. The third kappa shape index (κ3) is 3.48. The van der Waals surface area contributed by atoms with Crippen molar-refractivity contribution < 1.29 is 8.42 Å². The molecule has 1 heterocycles. The first kappa shape index (κ1) is 18.5. The molecule has 0 fully saturated rings. The fourth-order valence-corrected chi connectivity index (χ4v) is 4.81. The van der Waals surface area contributed by atoms with Crippen molar-refractivity contribution in [1.82, 2.24) is 9.88 Å². The third-order valence-corrected chi connectivity index (χ3v) is 6.32. The molecule has 6 heteroatoms. The second-order valence-electron chi connectivity index (χ2n) is 7.18. The zero-order valence-electron chi connectivity index (χ0n) is 15.9. The monoisotopic (exact) mass is 393 g/mol. The van der Waals surface area contributed by atoms with Crippen molar-refractivity contribution in [2.24, 2.45) is 0 Å². The maximum absolute atomic E-state index is 13.2. The van der Waals surface area contributed by atoms with Crippen LogP contribution in [0.4, 0.5) is 5.69 Å². The molecular formula is C22H23N3O2S. The van der Waals surface area contributed by atoms with Gasteiger partial charge in [-0.2, -0.15) is 0 Å². The number of benzene rings is 3. The minimum Gasteiger partial charge on any atom is -0.361 e. The summed E-state index contributed by atoms with van der Waals surface area (Å²) in [7, 11) is 0.322. The lowest BCUT2D eigenvalue weighted by molar-refractivity contribution is 0.414. The second kappa shape index (κ2) is 7.30. The molecule has 0 unspecified atom stereocenters. The number of hydrogen-bond acceptors (Lipinski definition) is 3. The first-order valence-corrected chi connectivity index (χ1v) is 10.7. The van der Waals surface area contributed by atoms with Gasteiger partial charge in [0.05, 0.1) is 10.6 Å². The van der Waals surface area contributed by atoms with Gasteiger partial charge in [0.2, 0.25) is 0 Å². The van der Waals surface area contributed by atoms with Crippen molar-refractivity contribution in [2.75, 3.05) is 25.4 Å². The quantitative estimate of drug-likeness (QED) is 0.515. The average molecular weight is 394 g/mol. The number of nitrogens with zero attached hydrogens (tertiary/aromatic N) is 1. The first-order chi connectivity index (χ1) is 13.5. The Balaban J connectivity index is 1.77. The van der Waals surface area contributed by atoms with E-state index in [9.17, 15) is 8.42 Å². The number of aromatic amines is 1. The summed E-state index contributed by atoms with van der Waals surface area (Å²) in [6.45, 7) is 0.886. The third-order valence-electron chi connectivity index (χ3n) is 4.90. The number of anilines is 1. The molecule has 0 aliphatic rings. The number of nitrogens with one attached hydrogen (secondary N) is 2. The summed E-state index contributed by atoms with van der Waals surface area (Å²) in [6.07, 6.45) is 2.80. The maximum atomic E-state index is 13.2. The fraction of sp³-hybridized carbons (Fsp3) is 0.182. The van der Waals surface area contributed by atoms with Crippen LogP contribution in [0.1, 0.15) is 5.56 Å². The Hall–Kier alpha value is -2.83. The van der Waals surface area contributed by atoms with E-state index in [2.05, 4.69) is 14.6 Å². The lowest BCUT2D eigenvalue weighted by Gasteiger charge is -2.13. The van der Waals surface area contributed by atoms with Gasteiger partial charge in [0.1, 0.15) is 0 Å². The first-order valence-electron chi connectivity index (χ1n) is 9.20. The van der Waals surface area contributed by atoms with Crippen LogP contribution >= 0.6 is 0 Å². The van der Waals surface area contributed by atoms with Gasteiger partial charge in [0.15, 0.2) is 0 Å². The summed E-state index contributed by atoms with van der Waals surface area (Å²) in [5, 5.41) is 2.54. The van der Waals surface area contributed by atoms with Gasteiger partial charge in [0.25, 0.3) is 10.0 Å².